The van der Waals surface area contributed by atoms with Crippen LogP contribution in [0.5, 0.6) is 5.88 Å². The van der Waals surface area contributed by atoms with Crippen molar-refractivity contribution in [3.63, 3.8) is 0 Å². The number of nitrogens with one attached hydrogen (secondary N) is 1. The van der Waals surface area contributed by atoms with E-state index in [1.54, 1.807) is 7.11 Å². The largest absolute Gasteiger partial charge is 0.479 e. The fourth-order valence-electron chi connectivity index (χ4n) is 1.55. The lowest BCUT2D eigenvalue weighted by atomic mass is 10.2. The molecule has 7 heteroatoms. The van der Waals surface area contributed by atoms with Crippen LogP contribution in [0.1, 0.15) is 5.69 Å². The maximum atomic E-state index is 5.83. The molecule has 6 nitrogen and oxygen atoms in total. The van der Waals surface area contributed by atoms with E-state index < -0.39 is 0 Å². The number of ether oxygens (including phenoxy) is 2. The van der Waals surface area contributed by atoms with Gasteiger partial charge in [-0.2, -0.15) is 10.1 Å². The van der Waals surface area contributed by atoms with E-state index in [1.807, 2.05) is 12.2 Å². The molecule has 0 unspecified atom stereocenters. The Kier molecular flexibility index (Phi) is 4.11. The van der Waals surface area contributed by atoms with E-state index in [-0.39, 0.29) is 5.28 Å². The van der Waals surface area contributed by atoms with Gasteiger partial charge in [-0.15, -0.1) is 0 Å². The maximum Gasteiger partial charge on any atom is 0.246 e. The third-order valence-electron chi connectivity index (χ3n) is 2.36. The predicted octanol–water partition coefficient (Wildman–Crippen LogP) is 1.76. The van der Waals surface area contributed by atoms with Crippen molar-refractivity contribution >= 4 is 22.6 Å². The third-order valence-corrected chi connectivity index (χ3v) is 2.53. The topological polar surface area (TPSA) is 72.9 Å². The third kappa shape index (κ3) is 2.60. The van der Waals surface area contributed by atoms with Crippen molar-refractivity contribution in [2.75, 3.05) is 20.8 Å². The molecule has 0 radical (unpaired) electrons. The summed E-state index contributed by atoms with van der Waals surface area (Å²) in [5.41, 5.74) is 2.12. The van der Waals surface area contributed by atoms with E-state index in [4.69, 9.17) is 21.1 Å². The molecular formula is C11H13ClN4O2. The first-order chi connectivity index (χ1) is 8.76. The number of aromatic nitrogens is 4. The quantitative estimate of drug-likeness (QED) is 0.661. The second kappa shape index (κ2) is 5.79. The summed E-state index contributed by atoms with van der Waals surface area (Å²) in [6.45, 7) is 0.575. The smallest absolute Gasteiger partial charge is 0.246 e. The van der Waals surface area contributed by atoms with Crippen molar-refractivity contribution in [3.8, 4) is 5.88 Å². The van der Waals surface area contributed by atoms with E-state index in [0.29, 0.717) is 29.9 Å². The standard InChI is InChI=1S/C11H13ClN4O2/c1-17-6-4-3-5-7-8-9(16-15-7)10(18-2)14-11(12)13-8/h3-4H,5-6H2,1-2H3,(H,15,16)/b4-3+. The molecule has 0 amide bonds. The predicted molar refractivity (Wildman–Crippen MR) is 68.0 cm³/mol. The fourth-order valence-corrected chi connectivity index (χ4v) is 1.71. The molecule has 2 rings (SSSR count). The molecule has 0 aliphatic carbocycles. The molecule has 0 spiro atoms. The first-order valence-electron chi connectivity index (χ1n) is 5.34. The maximum absolute atomic E-state index is 5.83. The van der Waals surface area contributed by atoms with Crippen LogP contribution in [0, 0.1) is 0 Å². The van der Waals surface area contributed by atoms with Crippen LogP contribution >= 0.6 is 11.6 Å². The Bertz CT molecular complexity index is 567. The lowest BCUT2D eigenvalue weighted by Crippen LogP contribution is -1.93. The Morgan fingerprint density at radius 3 is 2.78 bits per heavy atom. The summed E-state index contributed by atoms with van der Waals surface area (Å²) >= 11 is 5.83. The molecule has 0 fully saturated rings. The van der Waals surface area contributed by atoms with Gasteiger partial charge in [-0.3, -0.25) is 5.10 Å². The van der Waals surface area contributed by atoms with Crippen molar-refractivity contribution < 1.29 is 9.47 Å². The summed E-state index contributed by atoms with van der Waals surface area (Å²) in [5, 5.41) is 7.18. The zero-order valence-corrected chi connectivity index (χ0v) is 10.9. The Labute approximate surface area is 109 Å². The van der Waals surface area contributed by atoms with Crippen LogP contribution in [0.4, 0.5) is 0 Å². The van der Waals surface area contributed by atoms with Crippen LogP contribution in [-0.2, 0) is 11.2 Å². The monoisotopic (exact) mass is 268 g/mol. The number of halogens is 1. The van der Waals surface area contributed by atoms with Gasteiger partial charge in [0.15, 0.2) is 5.52 Å². The molecule has 0 atom stereocenters. The van der Waals surface area contributed by atoms with Gasteiger partial charge in [-0.05, 0) is 11.6 Å². The lowest BCUT2D eigenvalue weighted by Gasteiger charge is -1.99. The zero-order chi connectivity index (χ0) is 13.0. The highest BCUT2D eigenvalue weighted by Gasteiger charge is 2.13. The van der Waals surface area contributed by atoms with Crippen molar-refractivity contribution in [2.24, 2.45) is 0 Å². The number of methoxy groups -OCH3 is 2. The second-order valence-corrected chi connectivity index (χ2v) is 3.87. The summed E-state index contributed by atoms with van der Waals surface area (Å²) < 4.78 is 10.0. The lowest BCUT2D eigenvalue weighted by molar-refractivity contribution is 0.233. The van der Waals surface area contributed by atoms with Gasteiger partial charge in [0.25, 0.3) is 0 Å². The van der Waals surface area contributed by atoms with Crippen LogP contribution in [0.3, 0.4) is 0 Å². The fraction of sp³-hybridized carbons (Fsp3) is 0.364. The van der Waals surface area contributed by atoms with Gasteiger partial charge in [-0.1, -0.05) is 12.2 Å². The average Bonchev–Trinajstić information content (AvgIpc) is 2.77. The van der Waals surface area contributed by atoms with Gasteiger partial charge in [0.2, 0.25) is 11.2 Å². The summed E-state index contributed by atoms with van der Waals surface area (Å²) in [5.74, 6) is 0.369. The molecular weight excluding hydrogens is 256 g/mol. The Morgan fingerprint density at radius 1 is 1.22 bits per heavy atom. The number of aromatic amines is 1. The summed E-state index contributed by atoms with van der Waals surface area (Å²) in [6.07, 6.45) is 4.56. The van der Waals surface area contributed by atoms with E-state index >= 15 is 0 Å². The number of hydrogen-bond donors (Lipinski definition) is 1. The zero-order valence-electron chi connectivity index (χ0n) is 10.1. The molecule has 0 saturated carbocycles. The Morgan fingerprint density at radius 2 is 2.06 bits per heavy atom. The van der Waals surface area contributed by atoms with E-state index in [1.165, 1.54) is 7.11 Å². The van der Waals surface area contributed by atoms with Gasteiger partial charge >= 0.3 is 0 Å². The molecule has 1 N–H and O–H groups in total. The number of fused-ring (bicyclic) bond motifs is 1. The summed E-state index contributed by atoms with van der Waals surface area (Å²) in [4.78, 5) is 8.11. The average molecular weight is 269 g/mol. The summed E-state index contributed by atoms with van der Waals surface area (Å²) in [7, 11) is 3.17. The van der Waals surface area contributed by atoms with E-state index in [0.717, 1.165) is 5.69 Å². The molecule has 0 saturated heterocycles. The van der Waals surface area contributed by atoms with Crippen LogP contribution in [0.2, 0.25) is 5.28 Å². The van der Waals surface area contributed by atoms with Crippen LogP contribution in [0.25, 0.3) is 11.0 Å². The first-order valence-corrected chi connectivity index (χ1v) is 5.72. The van der Waals surface area contributed by atoms with Crippen molar-refractivity contribution in [3.05, 3.63) is 23.1 Å². The van der Waals surface area contributed by atoms with Gasteiger partial charge in [0, 0.05) is 13.5 Å². The minimum Gasteiger partial charge on any atom is -0.479 e. The molecule has 0 bridgehead atoms. The number of allylic oxidation sites excluding steroid dienone is 1. The first kappa shape index (κ1) is 12.8. The second-order valence-electron chi connectivity index (χ2n) is 3.53. The van der Waals surface area contributed by atoms with Gasteiger partial charge in [0.1, 0.15) is 5.52 Å². The number of hydrogen-bond acceptors (Lipinski definition) is 5. The Hall–Kier alpha value is -1.66. The molecule has 0 aromatic carbocycles. The van der Waals surface area contributed by atoms with Gasteiger partial charge in [-0.25, -0.2) is 4.98 Å². The summed E-state index contributed by atoms with van der Waals surface area (Å²) in [6, 6.07) is 0. The van der Waals surface area contributed by atoms with Gasteiger partial charge < -0.3 is 9.47 Å². The Balaban J connectivity index is 2.32. The van der Waals surface area contributed by atoms with Crippen LogP contribution in [0.15, 0.2) is 12.2 Å². The number of nitrogens with zero attached hydrogens (tertiary/aromatic N) is 3. The molecule has 2 aromatic heterocycles. The van der Waals surface area contributed by atoms with Crippen molar-refractivity contribution in [1.29, 1.82) is 0 Å². The van der Waals surface area contributed by atoms with E-state index in [2.05, 4.69) is 20.2 Å². The van der Waals surface area contributed by atoms with Crippen LogP contribution < -0.4 is 4.74 Å². The molecule has 2 heterocycles. The number of H-pyrrole nitrogens is 1. The molecule has 96 valence electrons. The molecule has 0 aliphatic rings. The van der Waals surface area contributed by atoms with Crippen molar-refractivity contribution in [1.82, 2.24) is 20.2 Å². The molecule has 0 aliphatic heterocycles. The highest BCUT2D eigenvalue weighted by molar-refractivity contribution is 6.28. The molecule has 18 heavy (non-hydrogen) atoms. The minimum atomic E-state index is 0.142. The van der Waals surface area contributed by atoms with Crippen molar-refractivity contribution in [2.45, 2.75) is 6.42 Å². The molecule has 2 aromatic rings. The van der Waals surface area contributed by atoms with E-state index in [9.17, 15) is 0 Å². The normalized spacial score (nSPS) is 11.5. The van der Waals surface area contributed by atoms with Crippen LogP contribution in [-0.4, -0.2) is 41.0 Å². The minimum absolute atomic E-state index is 0.142. The highest BCUT2D eigenvalue weighted by Crippen LogP contribution is 2.24. The SMILES string of the molecule is COC/C=C/Cc1[nH]nc2c(OC)nc(Cl)nc12. The van der Waals surface area contributed by atoms with Gasteiger partial charge in [0.05, 0.1) is 19.4 Å². The highest BCUT2D eigenvalue weighted by atomic mass is 35.5. The number of rotatable bonds is 5.